The van der Waals surface area contributed by atoms with Crippen LogP contribution in [0.1, 0.15) is 29.2 Å². The van der Waals surface area contributed by atoms with Crippen LogP contribution in [0.15, 0.2) is 63.7 Å². The summed E-state index contributed by atoms with van der Waals surface area (Å²) in [4.78, 5) is 41.9. The van der Waals surface area contributed by atoms with Gasteiger partial charge in [0.05, 0.1) is 31.2 Å². The van der Waals surface area contributed by atoms with Crippen molar-refractivity contribution in [2.24, 2.45) is 0 Å². The Morgan fingerprint density at radius 3 is 2.62 bits per heavy atom. The quantitative estimate of drug-likeness (QED) is 0.466. The van der Waals surface area contributed by atoms with Gasteiger partial charge >= 0.3 is 18.0 Å². The summed E-state index contributed by atoms with van der Waals surface area (Å²) in [7, 11) is 1.58. The normalized spacial score (nSPS) is 15.4. The van der Waals surface area contributed by atoms with Crippen molar-refractivity contribution in [2.75, 3.05) is 20.3 Å². The number of urea groups is 1. The van der Waals surface area contributed by atoms with Crippen LogP contribution in [0.2, 0.25) is 0 Å². The van der Waals surface area contributed by atoms with Crippen molar-refractivity contribution in [3.05, 3.63) is 70.8 Å². The molecular formula is C23H21N3O7S. The maximum absolute atomic E-state index is 12.7. The molecule has 2 N–H and O–H groups in total. The summed E-state index contributed by atoms with van der Waals surface area (Å²) >= 11 is 1.29. The highest BCUT2D eigenvalue weighted by molar-refractivity contribution is 7.13. The van der Waals surface area contributed by atoms with Crippen molar-refractivity contribution in [3.8, 4) is 16.3 Å². The number of carbonyl (C=O) groups excluding carboxylic acids is 3. The lowest BCUT2D eigenvalue weighted by molar-refractivity contribution is -0.139. The third-order valence-corrected chi connectivity index (χ3v) is 5.77. The van der Waals surface area contributed by atoms with Crippen LogP contribution in [0.3, 0.4) is 0 Å². The number of nitrogens with one attached hydrogen (secondary N) is 2. The molecule has 4 rings (SSSR count). The summed E-state index contributed by atoms with van der Waals surface area (Å²) in [5.74, 6) is -0.320. The van der Waals surface area contributed by atoms with Crippen molar-refractivity contribution >= 4 is 29.3 Å². The fraction of sp³-hybridized carbons (Fsp3) is 0.217. The Hall–Kier alpha value is -4.12. The van der Waals surface area contributed by atoms with Gasteiger partial charge in [-0.15, -0.1) is 11.3 Å². The molecule has 1 aromatic carbocycles. The molecule has 0 fully saturated rings. The average Bonchev–Trinajstić information content (AvgIpc) is 3.55. The minimum absolute atomic E-state index is 0.0846. The third kappa shape index (κ3) is 4.94. The van der Waals surface area contributed by atoms with Gasteiger partial charge in [-0.25, -0.2) is 19.4 Å². The molecule has 1 aliphatic heterocycles. The summed E-state index contributed by atoms with van der Waals surface area (Å²) in [6, 6.07) is 9.06. The molecule has 0 saturated heterocycles. The lowest BCUT2D eigenvalue weighted by atomic mass is 10.0. The smallest absolute Gasteiger partial charge is 0.358 e. The highest BCUT2D eigenvalue weighted by Crippen LogP contribution is 2.29. The number of hydrogen-bond acceptors (Lipinski definition) is 9. The summed E-state index contributed by atoms with van der Waals surface area (Å²) in [5.41, 5.74) is 1.12. The summed E-state index contributed by atoms with van der Waals surface area (Å²) < 4.78 is 21.0. The molecule has 0 spiro atoms. The molecular weight excluding hydrogens is 462 g/mol. The zero-order chi connectivity index (χ0) is 24.1. The second kappa shape index (κ2) is 10.2. The first-order chi connectivity index (χ1) is 16.5. The maximum Gasteiger partial charge on any atom is 0.358 e. The van der Waals surface area contributed by atoms with E-state index in [0.29, 0.717) is 16.5 Å². The molecule has 0 saturated carbocycles. The van der Waals surface area contributed by atoms with Crippen LogP contribution in [-0.2, 0) is 14.3 Å². The third-order valence-electron chi connectivity index (χ3n) is 4.87. The molecule has 176 valence electrons. The maximum atomic E-state index is 12.7. The van der Waals surface area contributed by atoms with E-state index >= 15 is 0 Å². The van der Waals surface area contributed by atoms with E-state index < -0.39 is 24.0 Å². The van der Waals surface area contributed by atoms with Crippen LogP contribution in [0.5, 0.6) is 5.75 Å². The van der Waals surface area contributed by atoms with E-state index in [0.717, 1.165) is 5.56 Å². The van der Waals surface area contributed by atoms with Crippen LogP contribution in [0.4, 0.5) is 4.79 Å². The topological polar surface area (TPSA) is 129 Å². The predicted molar refractivity (Wildman–Crippen MR) is 121 cm³/mol. The Balaban J connectivity index is 1.53. The average molecular weight is 484 g/mol. The van der Waals surface area contributed by atoms with Crippen molar-refractivity contribution < 1.29 is 33.0 Å². The fourth-order valence-corrected chi connectivity index (χ4v) is 4.09. The number of thiazole rings is 1. The van der Waals surface area contributed by atoms with E-state index in [1.54, 1.807) is 43.7 Å². The minimum Gasteiger partial charge on any atom is -0.497 e. The Morgan fingerprint density at radius 2 is 1.94 bits per heavy atom. The summed E-state index contributed by atoms with van der Waals surface area (Å²) in [6.07, 6.45) is 1.43. The molecule has 3 heterocycles. The second-order valence-electron chi connectivity index (χ2n) is 7.00. The van der Waals surface area contributed by atoms with E-state index in [-0.39, 0.29) is 30.2 Å². The van der Waals surface area contributed by atoms with Crippen LogP contribution >= 0.6 is 11.3 Å². The molecule has 0 aliphatic carbocycles. The van der Waals surface area contributed by atoms with E-state index in [1.807, 2.05) is 12.1 Å². The molecule has 0 radical (unpaired) electrons. The highest BCUT2D eigenvalue weighted by Gasteiger charge is 2.35. The molecule has 3 aromatic rings. The number of ether oxygens (including phenoxy) is 3. The molecule has 1 aliphatic rings. The molecule has 2 amide bonds. The number of hydrogen-bond donors (Lipinski definition) is 2. The molecule has 10 nitrogen and oxygen atoms in total. The second-order valence-corrected chi connectivity index (χ2v) is 7.86. The number of benzene rings is 1. The van der Waals surface area contributed by atoms with Gasteiger partial charge in [0, 0.05) is 10.9 Å². The molecule has 1 atom stereocenters. The number of esters is 2. The number of rotatable bonds is 8. The standard InChI is InChI=1S/C23H21N3O7S/c1-3-31-22(28)18-15(25-23(29)26-19(18)17-5-4-10-32-17)11-33-21(27)16-12-34-20(24-16)13-6-8-14(30-2)9-7-13/h4-10,12,19H,3,11H2,1-2H3,(H2,25,26,29). The first-order valence-corrected chi connectivity index (χ1v) is 11.2. The lowest BCUT2D eigenvalue weighted by Gasteiger charge is -2.27. The van der Waals surface area contributed by atoms with Crippen molar-refractivity contribution in [1.82, 2.24) is 15.6 Å². The molecule has 11 heteroatoms. The van der Waals surface area contributed by atoms with Gasteiger partial charge in [-0.1, -0.05) is 0 Å². The van der Waals surface area contributed by atoms with Gasteiger partial charge in [-0.3, -0.25) is 0 Å². The van der Waals surface area contributed by atoms with Crippen molar-refractivity contribution in [3.63, 3.8) is 0 Å². The van der Waals surface area contributed by atoms with Crippen molar-refractivity contribution in [2.45, 2.75) is 13.0 Å². The Bertz CT molecular complexity index is 1220. The van der Waals surface area contributed by atoms with E-state index in [1.165, 1.54) is 17.6 Å². The van der Waals surface area contributed by atoms with Gasteiger partial charge in [0.2, 0.25) is 0 Å². The first-order valence-electron chi connectivity index (χ1n) is 10.3. The van der Waals surface area contributed by atoms with E-state index in [9.17, 15) is 14.4 Å². The number of carbonyl (C=O) groups is 3. The highest BCUT2D eigenvalue weighted by atomic mass is 32.1. The summed E-state index contributed by atoms with van der Waals surface area (Å²) in [5, 5.41) is 7.36. The Kier molecular flexibility index (Phi) is 6.93. The van der Waals surface area contributed by atoms with Gasteiger partial charge in [0.1, 0.15) is 29.2 Å². The minimum atomic E-state index is -0.891. The number of furan rings is 1. The molecule has 2 aromatic heterocycles. The predicted octanol–water partition coefficient (Wildman–Crippen LogP) is 3.44. The monoisotopic (exact) mass is 483 g/mol. The van der Waals surface area contributed by atoms with Gasteiger partial charge in [0.25, 0.3) is 0 Å². The number of amides is 2. The lowest BCUT2D eigenvalue weighted by Crippen LogP contribution is -2.47. The zero-order valence-electron chi connectivity index (χ0n) is 18.3. The van der Waals surface area contributed by atoms with Gasteiger partial charge < -0.3 is 29.3 Å². The largest absolute Gasteiger partial charge is 0.497 e. The van der Waals surface area contributed by atoms with Gasteiger partial charge in [-0.05, 0) is 43.3 Å². The van der Waals surface area contributed by atoms with Crippen LogP contribution < -0.4 is 15.4 Å². The molecule has 34 heavy (non-hydrogen) atoms. The molecule has 1 unspecified atom stereocenters. The van der Waals surface area contributed by atoms with Gasteiger partial charge in [0.15, 0.2) is 5.69 Å². The summed E-state index contributed by atoms with van der Waals surface area (Å²) in [6.45, 7) is 1.42. The number of aromatic nitrogens is 1. The first kappa shape index (κ1) is 23.1. The van der Waals surface area contributed by atoms with E-state index in [4.69, 9.17) is 18.6 Å². The Labute approximate surface area is 198 Å². The van der Waals surface area contributed by atoms with Crippen LogP contribution in [-0.4, -0.2) is 43.3 Å². The number of nitrogens with zero attached hydrogens (tertiary/aromatic N) is 1. The van der Waals surface area contributed by atoms with E-state index in [2.05, 4.69) is 15.6 Å². The van der Waals surface area contributed by atoms with Crippen LogP contribution in [0.25, 0.3) is 10.6 Å². The van der Waals surface area contributed by atoms with Crippen molar-refractivity contribution in [1.29, 1.82) is 0 Å². The molecule has 0 bridgehead atoms. The Morgan fingerprint density at radius 1 is 1.15 bits per heavy atom. The van der Waals surface area contributed by atoms with Crippen LogP contribution in [0, 0.1) is 0 Å². The SMILES string of the molecule is CCOC(=O)C1=C(COC(=O)c2csc(-c3ccc(OC)cc3)n2)NC(=O)NC1c1ccco1. The van der Waals surface area contributed by atoms with Gasteiger partial charge in [-0.2, -0.15) is 0 Å². The number of methoxy groups -OCH3 is 1. The zero-order valence-corrected chi connectivity index (χ0v) is 19.1. The fourth-order valence-electron chi connectivity index (χ4n) is 3.30.